The van der Waals surface area contributed by atoms with E-state index in [-0.39, 0.29) is 49.8 Å². The maximum Gasteiger partial charge on any atom is 0.247 e. The molecule has 4 rings (SSSR count). The summed E-state index contributed by atoms with van der Waals surface area (Å²) in [6.45, 7) is 2.29. The molecule has 0 saturated carbocycles. The van der Waals surface area contributed by atoms with E-state index in [0.29, 0.717) is 30.8 Å². The Bertz CT molecular complexity index is 972. The molecule has 1 aromatic carbocycles. The summed E-state index contributed by atoms with van der Waals surface area (Å²) >= 11 is 0. The van der Waals surface area contributed by atoms with E-state index in [0.717, 1.165) is 18.4 Å². The smallest absolute Gasteiger partial charge is 0.247 e. The highest BCUT2D eigenvalue weighted by Crippen LogP contribution is 2.47. The number of fused-ring (bicyclic) bond motifs is 3. The van der Waals surface area contributed by atoms with Crippen molar-refractivity contribution in [3.8, 4) is 5.75 Å². The minimum Gasteiger partial charge on any atom is -0.486 e. The van der Waals surface area contributed by atoms with Gasteiger partial charge in [0.05, 0.1) is 24.7 Å². The summed E-state index contributed by atoms with van der Waals surface area (Å²) in [6.07, 6.45) is 2.29. The van der Waals surface area contributed by atoms with Crippen LogP contribution in [0, 0.1) is 0 Å². The van der Waals surface area contributed by atoms with Crippen LogP contribution in [0.1, 0.15) is 50.5 Å². The number of aliphatic hydroxyl groups excluding tert-OH is 2. The van der Waals surface area contributed by atoms with Gasteiger partial charge in [-0.15, -0.1) is 0 Å². The summed E-state index contributed by atoms with van der Waals surface area (Å²) in [5.74, 6) is -0.447. The first-order valence-electron chi connectivity index (χ1n) is 12.4. The number of nitrogens with one attached hydrogen (secondary N) is 1. The van der Waals surface area contributed by atoms with Gasteiger partial charge < -0.3 is 34.7 Å². The van der Waals surface area contributed by atoms with Crippen LogP contribution in [-0.4, -0.2) is 83.4 Å². The molecule has 3 aliphatic rings. The van der Waals surface area contributed by atoms with E-state index >= 15 is 0 Å². The number of amides is 2. The van der Waals surface area contributed by atoms with E-state index in [2.05, 4.69) is 5.32 Å². The number of nitrogens with zero attached hydrogens (tertiary/aromatic N) is 1. The molecule has 1 fully saturated rings. The number of aliphatic hydroxyl groups is 2. The van der Waals surface area contributed by atoms with Gasteiger partial charge in [-0.05, 0) is 38.3 Å². The van der Waals surface area contributed by atoms with Gasteiger partial charge >= 0.3 is 0 Å². The Hall–Kier alpha value is -2.75. The fourth-order valence-corrected chi connectivity index (χ4v) is 5.22. The monoisotopic (exact) mass is 486 g/mol. The van der Waals surface area contributed by atoms with Crippen molar-refractivity contribution in [1.82, 2.24) is 10.2 Å². The van der Waals surface area contributed by atoms with E-state index in [1.54, 1.807) is 17.0 Å². The molecule has 0 radical (unpaired) electrons. The Morgan fingerprint density at radius 2 is 2.00 bits per heavy atom. The Morgan fingerprint density at radius 1 is 1.20 bits per heavy atom. The molecule has 1 aliphatic carbocycles. The van der Waals surface area contributed by atoms with Gasteiger partial charge in [-0.25, -0.2) is 0 Å². The van der Waals surface area contributed by atoms with Crippen LogP contribution in [0.3, 0.4) is 0 Å². The highest BCUT2D eigenvalue weighted by Gasteiger charge is 2.50. The first-order chi connectivity index (χ1) is 16.9. The van der Waals surface area contributed by atoms with Crippen molar-refractivity contribution in [1.29, 1.82) is 0 Å². The van der Waals surface area contributed by atoms with E-state index in [1.165, 1.54) is 6.92 Å². The number of carbonyl (C=O) groups excluding carboxylic acids is 3. The average molecular weight is 487 g/mol. The van der Waals surface area contributed by atoms with Gasteiger partial charge in [0.2, 0.25) is 11.8 Å². The summed E-state index contributed by atoms with van der Waals surface area (Å²) < 4.78 is 11.9. The number of Topliss-reactive ketones (excluding diaryl/α,β-unsaturated/α-hetero) is 1. The largest absolute Gasteiger partial charge is 0.486 e. The lowest BCUT2D eigenvalue weighted by molar-refractivity contribution is -0.139. The summed E-state index contributed by atoms with van der Waals surface area (Å²) in [7, 11) is 0. The zero-order chi connectivity index (χ0) is 24.9. The molecule has 0 unspecified atom stereocenters. The molecule has 35 heavy (non-hydrogen) atoms. The van der Waals surface area contributed by atoms with Crippen LogP contribution < -0.4 is 10.1 Å². The second kappa shape index (κ2) is 11.3. The van der Waals surface area contributed by atoms with Crippen molar-refractivity contribution in [2.75, 3.05) is 26.3 Å². The van der Waals surface area contributed by atoms with Gasteiger partial charge in [0.1, 0.15) is 23.7 Å². The molecule has 0 bridgehead atoms. The lowest BCUT2D eigenvalue weighted by Gasteiger charge is -2.41. The van der Waals surface area contributed by atoms with Crippen LogP contribution in [0.25, 0.3) is 0 Å². The third kappa shape index (κ3) is 5.58. The molecule has 0 aromatic heterocycles. The predicted molar refractivity (Wildman–Crippen MR) is 127 cm³/mol. The van der Waals surface area contributed by atoms with Crippen LogP contribution in [0.4, 0.5) is 0 Å². The number of ether oxygens (including phenoxy) is 2. The van der Waals surface area contributed by atoms with Crippen molar-refractivity contribution in [2.24, 2.45) is 0 Å². The Kier molecular flexibility index (Phi) is 8.20. The SMILES string of the molecule is CC(=O)CCCC(=O)N(C[C@H]1CCCO1)[C@@H]1C=C(C(=O)NCCO)[C@@H]2c3ccccc3O[C@@H]2[C@H]1O. The molecule has 1 saturated heterocycles. The lowest BCUT2D eigenvalue weighted by atomic mass is 9.77. The molecule has 9 nitrogen and oxygen atoms in total. The topological polar surface area (TPSA) is 125 Å². The van der Waals surface area contributed by atoms with Crippen LogP contribution in [0.15, 0.2) is 35.9 Å². The summed E-state index contributed by atoms with van der Waals surface area (Å²) in [6, 6.07) is 6.56. The van der Waals surface area contributed by atoms with Crippen LogP contribution in [-0.2, 0) is 19.1 Å². The van der Waals surface area contributed by atoms with Crippen molar-refractivity contribution in [3.05, 3.63) is 41.5 Å². The van der Waals surface area contributed by atoms with Crippen LogP contribution in [0.5, 0.6) is 5.75 Å². The minimum atomic E-state index is -1.07. The fraction of sp³-hybridized carbons (Fsp3) is 0.577. The Balaban J connectivity index is 1.67. The normalized spacial score (nSPS) is 26.8. The zero-order valence-electron chi connectivity index (χ0n) is 20.0. The van der Waals surface area contributed by atoms with Gasteiger partial charge in [-0.2, -0.15) is 0 Å². The van der Waals surface area contributed by atoms with Gasteiger partial charge in [0.15, 0.2) is 0 Å². The van der Waals surface area contributed by atoms with Crippen LogP contribution >= 0.6 is 0 Å². The number of hydrogen-bond acceptors (Lipinski definition) is 7. The summed E-state index contributed by atoms with van der Waals surface area (Å²) in [5.41, 5.74) is 1.21. The van der Waals surface area contributed by atoms with Crippen molar-refractivity contribution in [2.45, 2.75) is 69.3 Å². The summed E-state index contributed by atoms with van der Waals surface area (Å²) in [5, 5.41) is 23.4. The molecule has 5 atom stereocenters. The van der Waals surface area contributed by atoms with E-state index in [9.17, 15) is 24.6 Å². The summed E-state index contributed by atoms with van der Waals surface area (Å²) in [4.78, 5) is 39.5. The number of para-hydroxylation sites is 1. The van der Waals surface area contributed by atoms with Crippen LogP contribution in [0.2, 0.25) is 0 Å². The quantitative estimate of drug-likeness (QED) is 0.452. The van der Waals surface area contributed by atoms with Gasteiger partial charge in [0, 0.05) is 43.7 Å². The minimum absolute atomic E-state index is 0.0175. The maximum atomic E-state index is 13.4. The predicted octanol–water partition coefficient (Wildman–Crippen LogP) is 1.08. The Labute approximate surface area is 205 Å². The van der Waals surface area contributed by atoms with Gasteiger partial charge in [-0.1, -0.05) is 18.2 Å². The molecule has 9 heteroatoms. The maximum absolute atomic E-state index is 13.4. The third-order valence-electron chi connectivity index (χ3n) is 6.90. The molecule has 2 aliphatic heterocycles. The first-order valence-corrected chi connectivity index (χ1v) is 12.4. The molecule has 3 N–H and O–H groups in total. The lowest BCUT2D eigenvalue weighted by Crippen LogP contribution is -2.57. The standard InChI is InChI=1S/C26H34N2O7/c1-16(30)6-4-10-22(31)28(15-17-7-5-13-34-17)20-14-19(26(33)27-11-12-29)23-18-8-2-3-9-21(18)35-25(23)24(20)32/h2-3,8-9,14,17,20,23-25,29,32H,4-7,10-13,15H2,1H3,(H,27,33)/t17-,20-,23+,24+,25+/m1/s1. The van der Waals surface area contributed by atoms with Crippen molar-refractivity contribution in [3.63, 3.8) is 0 Å². The number of hydrogen-bond donors (Lipinski definition) is 3. The second-order valence-corrected chi connectivity index (χ2v) is 9.42. The fourth-order valence-electron chi connectivity index (χ4n) is 5.22. The number of carbonyl (C=O) groups is 3. The molecule has 2 amide bonds. The van der Waals surface area contributed by atoms with E-state index in [1.807, 2.05) is 18.2 Å². The molecule has 2 heterocycles. The molecule has 0 spiro atoms. The van der Waals surface area contributed by atoms with Crippen molar-refractivity contribution >= 4 is 17.6 Å². The number of benzene rings is 1. The van der Waals surface area contributed by atoms with E-state index < -0.39 is 24.2 Å². The third-order valence-corrected chi connectivity index (χ3v) is 6.90. The highest BCUT2D eigenvalue weighted by molar-refractivity contribution is 5.96. The average Bonchev–Trinajstić information content (AvgIpc) is 3.49. The highest BCUT2D eigenvalue weighted by atomic mass is 16.5. The molecule has 190 valence electrons. The van der Waals surface area contributed by atoms with Crippen molar-refractivity contribution < 1.29 is 34.1 Å². The molecular weight excluding hydrogens is 452 g/mol. The molecular formula is C26H34N2O7. The number of rotatable bonds is 10. The van der Waals surface area contributed by atoms with Gasteiger partial charge in [-0.3, -0.25) is 9.59 Å². The van der Waals surface area contributed by atoms with Gasteiger partial charge in [0.25, 0.3) is 0 Å². The molecule has 1 aromatic rings. The Morgan fingerprint density at radius 3 is 2.71 bits per heavy atom. The zero-order valence-corrected chi connectivity index (χ0v) is 20.0. The van der Waals surface area contributed by atoms with E-state index in [4.69, 9.17) is 9.47 Å². The number of ketones is 1. The first kappa shape index (κ1) is 25.3. The second-order valence-electron chi connectivity index (χ2n) is 9.42.